The van der Waals surface area contributed by atoms with Gasteiger partial charge in [-0.15, -0.1) is 11.6 Å². The van der Waals surface area contributed by atoms with Gasteiger partial charge in [-0.25, -0.2) is 0 Å². The van der Waals surface area contributed by atoms with Crippen molar-refractivity contribution in [1.29, 1.82) is 0 Å². The fraction of sp³-hybridized carbons (Fsp3) is 0.250. The molecule has 1 atom stereocenters. The smallest absolute Gasteiger partial charge is 0.127 e. The van der Waals surface area contributed by atoms with Crippen LogP contribution in [0.5, 0.6) is 17.2 Å². The van der Waals surface area contributed by atoms with Crippen LogP contribution in [0.1, 0.15) is 16.5 Å². The zero-order chi connectivity index (χ0) is 15.4. The summed E-state index contributed by atoms with van der Waals surface area (Å²) in [5.74, 6) is 1.99. The number of alkyl halides is 1. The third-order valence-corrected chi connectivity index (χ3v) is 3.98. The predicted octanol–water partition coefficient (Wildman–Crippen LogP) is 4.69. The Labute approximate surface area is 134 Å². The number of methoxy groups -OCH3 is 3. The highest BCUT2D eigenvalue weighted by atomic mass is 35.5. The van der Waals surface area contributed by atoms with Gasteiger partial charge in [0.1, 0.15) is 17.2 Å². The van der Waals surface area contributed by atoms with Crippen molar-refractivity contribution >= 4 is 23.2 Å². The summed E-state index contributed by atoms with van der Waals surface area (Å²) in [6.07, 6.45) is 0. The molecule has 3 nitrogen and oxygen atoms in total. The minimum absolute atomic E-state index is 0.491. The van der Waals surface area contributed by atoms with Crippen LogP contribution in [-0.4, -0.2) is 21.3 Å². The van der Waals surface area contributed by atoms with E-state index in [1.165, 1.54) is 0 Å². The molecule has 0 N–H and O–H groups in total. The number of hydrogen-bond donors (Lipinski definition) is 0. The molecule has 0 aliphatic heterocycles. The third kappa shape index (κ3) is 3.20. The molecular formula is C16H16Cl2O3. The lowest BCUT2D eigenvalue weighted by Crippen LogP contribution is -2.01. The maximum Gasteiger partial charge on any atom is 0.127 e. The van der Waals surface area contributed by atoms with Crippen LogP contribution in [0.3, 0.4) is 0 Å². The lowest BCUT2D eigenvalue weighted by molar-refractivity contribution is 0.386. The third-order valence-electron chi connectivity index (χ3n) is 3.20. The van der Waals surface area contributed by atoms with Crippen molar-refractivity contribution in [3.05, 3.63) is 52.5 Å². The SMILES string of the molecule is COc1ccc(C(Cl)c2c(OC)cccc2OC)c(Cl)c1. The Hall–Kier alpha value is -1.58. The number of ether oxygens (including phenoxy) is 3. The maximum absolute atomic E-state index is 6.61. The van der Waals surface area contributed by atoms with E-state index in [0.717, 1.165) is 11.1 Å². The van der Waals surface area contributed by atoms with Crippen molar-refractivity contribution in [3.8, 4) is 17.2 Å². The molecule has 112 valence electrons. The summed E-state index contributed by atoms with van der Waals surface area (Å²) in [7, 11) is 4.78. The van der Waals surface area contributed by atoms with Gasteiger partial charge in [0.2, 0.25) is 0 Å². The molecule has 0 aliphatic carbocycles. The van der Waals surface area contributed by atoms with Crippen LogP contribution < -0.4 is 14.2 Å². The first-order valence-electron chi connectivity index (χ1n) is 6.30. The predicted molar refractivity (Wildman–Crippen MR) is 85.2 cm³/mol. The molecule has 0 bridgehead atoms. The Balaban J connectivity index is 2.51. The topological polar surface area (TPSA) is 27.7 Å². The van der Waals surface area contributed by atoms with E-state index in [0.29, 0.717) is 22.3 Å². The first kappa shape index (κ1) is 15.8. The summed E-state index contributed by atoms with van der Waals surface area (Å²) in [6.45, 7) is 0. The Bertz CT molecular complexity index is 607. The fourth-order valence-corrected chi connectivity index (χ4v) is 2.87. The van der Waals surface area contributed by atoms with E-state index >= 15 is 0 Å². The van der Waals surface area contributed by atoms with Crippen molar-refractivity contribution in [2.75, 3.05) is 21.3 Å². The average Bonchev–Trinajstić information content (AvgIpc) is 2.53. The summed E-state index contributed by atoms with van der Waals surface area (Å²) < 4.78 is 15.9. The van der Waals surface area contributed by atoms with Gasteiger partial charge in [-0.2, -0.15) is 0 Å². The molecule has 2 rings (SSSR count). The fourth-order valence-electron chi connectivity index (χ4n) is 2.13. The summed E-state index contributed by atoms with van der Waals surface area (Å²) >= 11 is 12.9. The van der Waals surface area contributed by atoms with Gasteiger partial charge in [-0.3, -0.25) is 0 Å². The van der Waals surface area contributed by atoms with E-state index < -0.39 is 5.38 Å². The summed E-state index contributed by atoms with van der Waals surface area (Å²) in [5.41, 5.74) is 1.51. The van der Waals surface area contributed by atoms with Crippen LogP contribution in [0, 0.1) is 0 Å². The van der Waals surface area contributed by atoms with Gasteiger partial charge in [-0.05, 0) is 29.8 Å². The van der Waals surface area contributed by atoms with Gasteiger partial charge in [-0.1, -0.05) is 23.7 Å². The zero-order valence-corrected chi connectivity index (χ0v) is 13.5. The molecule has 0 radical (unpaired) electrons. The highest BCUT2D eigenvalue weighted by Gasteiger charge is 2.22. The average molecular weight is 327 g/mol. The first-order chi connectivity index (χ1) is 10.1. The van der Waals surface area contributed by atoms with Crippen LogP contribution in [0.2, 0.25) is 5.02 Å². The molecule has 0 aliphatic rings. The molecule has 0 amide bonds. The second-order valence-electron chi connectivity index (χ2n) is 4.33. The molecule has 0 aromatic heterocycles. The molecule has 0 saturated heterocycles. The summed E-state index contributed by atoms with van der Waals surface area (Å²) in [5, 5.41) is 0.0387. The highest BCUT2D eigenvalue weighted by Crippen LogP contribution is 2.43. The first-order valence-corrected chi connectivity index (χ1v) is 7.12. The Morgan fingerprint density at radius 2 is 1.52 bits per heavy atom. The summed E-state index contributed by atoms with van der Waals surface area (Å²) in [4.78, 5) is 0. The van der Waals surface area contributed by atoms with Crippen LogP contribution in [-0.2, 0) is 0 Å². The summed E-state index contributed by atoms with van der Waals surface area (Å²) in [6, 6.07) is 10.9. The Kier molecular flexibility index (Phi) is 5.21. The van der Waals surface area contributed by atoms with E-state index in [1.54, 1.807) is 27.4 Å². The number of rotatable bonds is 5. The van der Waals surface area contributed by atoms with E-state index in [9.17, 15) is 0 Å². The molecule has 5 heteroatoms. The minimum Gasteiger partial charge on any atom is -0.497 e. The highest BCUT2D eigenvalue weighted by molar-refractivity contribution is 6.33. The van der Waals surface area contributed by atoms with Gasteiger partial charge < -0.3 is 14.2 Å². The van der Waals surface area contributed by atoms with E-state index in [-0.39, 0.29) is 0 Å². The number of benzene rings is 2. The van der Waals surface area contributed by atoms with Crippen LogP contribution in [0.25, 0.3) is 0 Å². The van der Waals surface area contributed by atoms with Crippen molar-refractivity contribution in [3.63, 3.8) is 0 Å². The van der Waals surface area contributed by atoms with Gasteiger partial charge in [0, 0.05) is 5.02 Å². The van der Waals surface area contributed by atoms with E-state index in [4.69, 9.17) is 37.4 Å². The van der Waals surface area contributed by atoms with Crippen molar-refractivity contribution in [1.82, 2.24) is 0 Å². The molecule has 0 heterocycles. The minimum atomic E-state index is -0.491. The van der Waals surface area contributed by atoms with Gasteiger partial charge in [0.15, 0.2) is 0 Å². The normalized spacial score (nSPS) is 11.9. The monoisotopic (exact) mass is 326 g/mol. The lowest BCUT2D eigenvalue weighted by atomic mass is 10.0. The zero-order valence-electron chi connectivity index (χ0n) is 12.0. The van der Waals surface area contributed by atoms with Crippen LogP contribution in [0.15, 0.2) is 36.4 Å². The van der Waals surface area contributed by atoms with Crippen LogP contribution >= 0.6 is 23.2 Å². The maximum atomic E-state index is 6.61. The molecule has 0 fully saturated rings. The molecule has 2 aromatic carbocycles. The molecule has 1 unspecified atom stereocenters. The van der Waals surface area contributed by atoms with E-state index in [1.807, 2.05) is 30.3 Å². The molecular weight excluding hydrogens is 311 g/mol. The second kappa shape index (κ2) is 6.92. The molecule has 2 aromatic rings. The van der Waals surface area contributed by atoms with E-state index in [2.05, 4.69) is 0 Å². The largest absolute Gasteiger partial charge is 0.497 e. The quantitative estimate of drug-likeness (QED) is 0.746. The van der Waals surface area contributed by atoms with Gasteiger partial charge in [0.05, 0.1) is 32.3 Å². The second-order valence-corrected chi connectivity index (χ2v) is 5.17. The Morgan fingerprint density at radius 1 is 0.905 bits per heavy atom. The van der Waals surface area contributed by atoms with Gasteiger partial charge in [0.25, 0.3) is 0 Å². The standard InChI is InChI=1S/C16H16Cl2O3/c1-19-10-7-8-11(12(17)9-10)16(18)15-13(20-2)5-4-6-14(15)21-3/h4-9,16H,1-3H3. The van der Waals surface area contributed by atoms with Gasteiger partial charge >= 0.3 is 0 Å². The molecule has 0 spiro atoms. The lowest BCUT2D eigenvalue weighted by Gasteiger charge is -2.19. The van der Waals surface area contributed by atoms with Crippen LogP contribution in [0.4, 0.5) is 0 Å². The van der Waals surface area contributed by atoms with Crippen molar-refractivity contribution in [2.24, 2.45) is 0 Å². The number of halogens is 2. The molecule has 0 saturated carbocycles. The molecule has 21 heavy (non-hydrogen) atoms. The Morgan fingerprint density at radius 3 is 2.00 bits per heavy atom. The van der Waals surface area contributed by atoms with Crippen molar-refractivity contribution < 1.29 is 14.2 Å². The van der Waals surface area contributed by atoms with Crippen molar-refractivity contribution in [2.45, 2.75) is 5.38 Å². The number of hydrogen-bond acceptors (Lipinski definition) is 3.